The molecule has 2 nitrogen and oxygen atoms in total. The van der Waals surface area contributed by atoms with Gasteiger partial charge in [0, 0.05) is 28.8 Å². The summed E-state index contributed by atoms with van der Waals surface area (Å²) in [5.74, 6) is 0.627. The van der Waals surface area contributed by atoms with Gasteiger partial charge in [-0.05, 0) is 25.0 Å². The molecule has 1 saturated carbocycles. The van der Waals surface area contributed by atoms with E-state index in [1.807, 2.05) is 6.07 Å². The maximum atomic E-state index is 6.06. The summed E-state index contributed by atoms with van der Waals surface area (Å²) in [6.45, 7) is 4.27. The standard InChI is InChI=1S/C16H21NOS/c1-12(19-13-8-4-3-5-9-13)16-14-10-6-7-11-15(14)17(2)18-16/h3-5,8-9,14-16H,1,6-7,10-11H2,2H3/t14-,15+,16+/m0/s1. The number of hydrogen-bond acceptors (Lipinski definition) is 3. The van der Waals surface area contributed by atoms with Crippen molar-refractivity contribution in [2.24, 2.45) is 5.92 Å². The average Bonchev–Trinajstić information content (AvgIpc) is 2.78. The Bertz CT molecular complexity index is 447. The van der Waals surface area contributed by atoms with E-state index in [0.29, 0.717) is 12.0 Å². The van der Waals surface area contributed by atoms with Crippen LogP contribution in [0.15, 0.2) is 46.7 Å². The molecule has 1 aliphatic heterocycles. The van der Waals surface area contributed by atoms with Crippen molar-refractivity contribution in [1.29, 1.82) is 0 Å². The molecule has 3 heteroatoms. The van der Waals surface area contributed by atoms with Crippen molar-refractivity contribution in [3.05, 3.63) is 41.8 Å². The second-order valence-corrected chi connectivity index (χ2v) is 6.67. The molecule has 0 radical (unpaired) electrons. The van der Waals surface area contributed by atoms with Gasteiger partial charge >= 0.3 is 0 Å². The molecule has 0 unspecified atom stereocenters. The van der Waals surface area contributed by atoms with E-state index in [1.165, 1.54) is 30.6 Å². The van der Waals surface area contributed by atoms with Gasteiger partial charge in [-0.25, -0.2) is 0 Å². The Kier molecular flexibility index (Phi) is 3.96. The molecule has 1 aromatic carbocycles. The molecule has 3 atom stereocenters. The normalized spacial score (nSPS) is 31.1. The lowest BCUT2D eigenvalue weighted by atomic mass is 9.82. The number of benzene rings is 1. The second kappa shape index (κ2) is 5.70. The predicted octanol–water partition coefficient (Wildman–Crippen LogP) is 4.10. The van der Waals surface area contributed by atoms with Gasteiger partial charge in [0.2, 0.25) is 0 Å². The first-order valence-corrected chi connectivity index (χ1v) is 7.88. The van der Waals surface area contributed by atoms with Crippen molar-refractivity contribution in [1.82, 2.24) is 5.06 Å². The van der Waals surface area contributed by atoms with Crippen molar-refractivity contribution in [3.63, 3.8) is 0 Å². The van der Waals surface area contributed by atoms with Gasteiger partial charge in [-0.2, -0.15) is 5.06 Å². The SMILES string of the molecule is C=C(Sc1ccccc1)[C@H]1ON(C)[C@@H]2CCCC[C@H]12. The Labute approximate surface area is 119 Å². The van der Waals surface area contributed by atoms with E-state index in [1.54, 1.807) is 11.8 Å². The Morgan fingerprint density at radius 1 is 1.26 bits per heavy atom. The van der Waals surface area contributed by atoms with Crippen molar-refractivity contribution < 1.29 is 4.84 Å². The molecule has 1 heterocycles. The lowest BCUT2D eigenvalue weighted by molar-refractivity contribution is -0.132. The molecule has 1 aromatic rings. The molecule has 0 bridgehead atoms. The zero-order chi connectivity index (χ0) is 13.2. The van der Waals surface area contributed by atoms with E-state index in [9.17, 15) is 0 Å². The number of rotatable bonds is 3. The second-order valence-electron chi connectivity index (χ2n) is 5.47. The number of nitrogens with zero attached hydrogens (tertiary/aromatic N) is 1. The lowest BCUT2D eigenvalue weighted by Crippen LogP contribution is -2.32. The van der Waals surface area contributed by atoms with Gasteiger partial charge in [0.05, 0.1) is 0 Å². The summed E-state index contributed by atoms with van der Waals surface area (Å²) in [6.07, 6.45) is 5.38. The number of hydrogen-bond donors (Lipinski definition) is 0. The Morgan fingerprint density at radius 2 is 2.00 bits per heavy atom. The van der Waals surface area contributed by atoms with Crippen molar-refractivity contribution in [2.75, 3.05) is 7.05 Å². The Balaban J connectivity index is 1.70. The Hall–Kier alpha value is -0.770. The maximum Gasteiger partial charge on any atom is 0.114 e. The number of fused-ring (bicyclic) bond motifs is 1. The monoisotopic (exact) mass is 275 g/mol. The van der Waals surface area contributed by atoms with Crippen LogP contribution in [0.4, 0.5) is 0 Å². The summed E-state index contributed by atoms with van der Waals surface area (Å²) in [7, 11) is 2.07. The zero-order valence-electron chi connectivity index (χ0n) is 11.4. The van der Waals surface area contributed by atoms with Gasteiger partial charge in [0.25, 0.3) is 0 Å². The lowest BCUT2D eigenvalue weighted by Gasteiger charge is -2.28. The van der Waals surface area contributed by atoms with Crippen LogP contribution in [-0.4, -0.2) is 24.3 Å². The molecular formula is C16H21NOS. The van der Waals surface area contributed by atoms with Crippen LogP contribution in [-0.2, 0) is 4.84 Å². The highest BCUT2D eigenvalue weighted by Crippen LogP contribution is 2.43. The van der Waals surface area contributed by atoms with Gasteiger partial charge < -0.3 is 0 Å². The van der Waals surface area contributed by atoms with Crippen LogP contribution in [0, 0.1) is 5.92 Å². The van der Waals surface area contributed by atoms with Crippen LogP contribution in [0.5, 0.6) is 0 Å². The molecular weight excluding hydrogens is 254 g/mol. The van der Waals surface area contributed by atoms with Crippen LogP contribution in [0.25, 0.3) is 0 Å². The zero-order valence-corrected chi connectivity index (χ0v) is 12.2. The summed E-state index contributed by atoms with van der Waals surface area (Å²) in [4.78, 5) is 8.45. The van der Waals surface area contributed by atoms with Crippen LogP contribution >= 0.6 is 11.8 Å². The van der Waals surface area contributed by atoms with Crippen molar-refractivity contribution in [3.8, 4) is 0 Å². The first kappa shape index (κ1) is 13.2. The first-order chi connectivity index (χ1) is 9.25. The summed E-state index contributed by atoms with van der Waals surface area (Å²) in [5, 5.41) is 2.07. The van der Waals surface area contributed by atoms with E-state index in [2.05, 4.69) is 43.0 Å². The van der Waals surface area contributed by atoms with Crippen LogP contribution in [0.1, 0.15) is 25.7 Å². The fraction of sp³-hybridized carbons (Fsp3) is 0.500. The molecule has 0 aromatic heterocycles. The fourth-order valence-corrected chi connectivity index (χ4v) is 4.21. The molecule has 102 valence electrons. The molecule has 0 amide bonds. The summed E-state index contributed by atoms with van der Waals surface area (Å²) in [5.41, 5.74) is 0. The van der Waals surface area contributed by atoms with Gasteiger partial charge in [-0.1, -0.05) is 49.4 Å². The highest BCUT2D eigenvalue weighted by atomic mass is 32.2. The third kappa shape index (κ3) is 2.73. The highest BCUT2D eigenvalue weighted by molar-refractivity contribution is 8.03. The summed E-state index contributed by atoms with van der Waals surface area (Å²) < 4.78 is 0. The largest absolute Gasteiger partial charge is 0.290 e. The summed E-state index contributed by atoms with van der Waals surface area (Å²) in [6, 6.07) is 11.0. The van der Waals surface area contributed by atoms with Crippen molar-refractivity contribution in [2.45, 2.75) is 42.7 Å². The molecule has 0 spiro atoms. The molecule has 2 aliphatic rings. The minimum Gasteiger partial charge on any atom is -0.290 e. The number of thioether (sulfide) groups is 1. The fourth-order valence-electron chi connectivity index (χ4n) is 3.28. The van der Waals surface area contributed by atoms with Crippen LogP contribution < -0.4 is 0 Å². The molecule has 1 aliphatic carbocycles. The third-order valence-electron chi connectivity index (χ3n) is 4.23. The molecule has 0 N–H and O–H groups in total. The first-order valence-electron chi connectivity index (χ1n) is 7.07. The molecule has 2 fully saturated rings. The van der Waals surface area contributed by atoms with Crippen LogP contribution in [0.2, 0.25) is 0 Å². The smallest absolute Gasteiger partial charge is 0.114 e. The van der Waals surface area contributed by atoms with Gasteiger partial charge in [0.1, 0.15) is 6.10 Å². The molecule has 1 saturated heterocycles. The topological polar surface area (TPSA) is 12.5 Å². The van der Waals surface area contributed by atoms with Crippen LogP contribution in [0.3, 0.4) is 0 Å². The summed E-state index contributed by atoms with van der Waals surface area (Å²) >= 11 is 1.75. The molecule has 19 heavy (non-hydrogen) atoms. The van der Waals surface area contributed by atoms with Gasteiger partial charge in [0.15, 0.2) is 0 Å². The Morgan fingerprint density at radius 3 is 2.79 bits per heavy atom. The van der Waals surface area contributed by atoms with Gasteiger partial charge in [-0.3, -0.25) is 4.84 Å². The van der Waals surface area contributed by atoms with E-state index in [0.717, 1.165) is 4.91 Å². The quantitative estimate of drug-likeness (QED) is 0.771. The third-order valence-corrected chi connectivity index (χ3v) is 5.23. The van der Waals surface area contributed by atoms with Gasteiger partial charge in [-0.15, -0.1) is 0 Å². The van der Waals surface area contributed by atoms with E-state index in [4.69, 9.17) is 4.84 Å². The molecule has 3 rings (SSSR count). The highest BCUT2D eigenvalue weighted by Gasteiger charge is 2.43. The minimum absolute atomic E-state index is 0.181. The minimum atomic E-state index is 0.181. The maximum absolute atomic E-state index is 6.06. The van der Waals surface area contributed by atoms with E-state index < -0.39 is 0 Å². The van der Waals surface area contributed by atoms with E-state index in [-0.39, 0.29) is 6.10 Å². The predicted molar refractivity (Wildman–Crippen MR) is 79.8 cm³/mol. The average molecular weight is 275 g/mol. The van der Waals surface area contributed by atoms with E-state index >= 15 is 0 Å². The van der Waals surface area contributed by atoms with Crippen molar-refractivity contribution >= 4 is 11.8 Å². The number of hydroxylamine groups is 2.